The quantitative estimate of drug-likeness (QED) is 0.601. The molecule has 9 heteroatoms. The van der Waals surface area contributed by atoms with Crippen LogP contribution in [0.25, 0.3) is 5.82 Å². The Bertz CT molecular complexity index is 1120. The van der Waals surface area contributed by atoms with Gasteiger partial charge >= 0.3 is 0 Å². The number of rotatable bonds is 5. The molecule has 7 nitrogen and oxygen atoms in total. The highest BCUT2D eigenvalue weighted by Gasteiger charge is 2.22. The number of pyridine rings is 1. The van der Waals surface area contributed by atoms with E-state index in [2.05, 4.69) is 20.7 Å². The summed E-state index contributed by atoms with van der Waals surface area (Å²) < 4.78 is 1.38. The molecule has 0 bridgehead atoms. The summed E-state index contributed by atoms with van der Waals surface area (Å²) in [5, 5.41) is 10.4. The summed E-state index contributed by atoms with van der Waals surface area (Å²) in [5.41, 5.74) is 2.30. The summed E-state index contributed by atoms with van der Waals surface area (Å²) in [5.74, 6) is -0.332. The van der Waals surface area contributed by atoms with Crippen LogP contribution < -0.4 is 10.6 Å². The second kappa shape index (κ2) is 8.85. The van der Waals surface area contributed by atoms with Crippen LogP contribution in [-0.4, -0.2) is 32.6 Å². The third-order valence-corrected chi connectivity index (χ3v) is 4.70. The number of nitrogens with zero attached hydrogens (tertiary/aromatic N) is 3. The van der Waals surface area contributed by atoms with Crippen LogP contribution >= 0.6 is 23.2 Å². The molecule has 2 heterocycles. The van der Waals surface area contributed by atoms with Crippen molar-refractivity contribution in [2.24, 2.45) is 0 Å². The van der Waals surface area contributed by atoms with Crippen molar-refractivity contribution in [3.63, 3.8) is 0 Å². The number of hydrogen-bond donors (Lipinski definition) is 2. The molecule has 0 radical (unpaired) electrons. The molecule has 0 spiro atoms. The van der Waals surface area contributed by atoms with Crippen LogP contribution in [0.15, 0.2) is 36.5 Å². The first-order chi connectivity index (χ1) is 14.2. The summed E-state index contributed by atoms with van der Waals surface area (Å²) in [6.07, 6.45) is 1.61. The number of nitrogens with one attached hydrogen (secondary N) is 2. The smallest absolute Gasteiger partial charge is 0.274 e. The molecule has 3 rings (SSSR count). The molecule has 156 valence electrons. The van der Waals surface area contributed by atoms with E-state index in [-0.39, 0.29) is 28.4 Å². The molecule has 3 aromatic rings. The Balaban J connectivity index is 2.02. The Morgan fingerprint density at radius 1 is 1.07 bits per heavy atom. The predicted octanol–water partition coefficient (Wildman–Crippen LogP) is 4.58. The maximum atomic E-state index is 13.1. The lowest BCUT2D eigenvalue weighted by Gasteiger charge is -2.16. The van der Waals surface area contributed by atoms with Crippen molar-refractivity contribution in [1.29, 1.82) is 0 Å². The molecule has 2 aromatic heterocycles. The van der Waals surface area contributed by atoms with Crippen LogP contribution in [0.1, 0.15) is 45.8 Å². The summed E-state index contributed by atoms with van der Waals surface area (Å²) in [7, 11) is 0. The maximum absolute atomic E-state index is 13.1. The third-order valence-electron chi connectivity index (χ3n) is 4.30. The summed E-state index contributed by atoms with van der Waals surface area (Å²) >= 11 is 12.2. The van der Waals surface area contributed by atoms with E-state index in [1.165, 1.54) is 16.8 Å². The average Bonchev–Trinajstić information content (AvgIpc) is 3.05. The molecule has 0 aliphatic rings. The lowest BCUT2D eigenvalue weighted by molar-refractivity contribution is 0.0944. The van der Waals surface area contributed by atoms with Crippen molar-refractivity contribution in [3.05, 3.63) is 69.1 Å². The largest absolute Gasteiger partial charge is 0.350 e. The van der Waals surface area contributed by atoms with Gasteiger partial charge in [-0.3, -0.25) is 9.59 Å². The second-order valence-electron chi connectivity index (χ2n) is 7.14. The van der Waals surface area contributed by atoms with E-state index in [4.69, 9.17) is 23.2 Å². The normalized spacial score (nSPS) is 10.9. The zero-order valence-corrected chi connectivity index (χ0v) is 18.5. The molecule has 1 aromatic carbocycles. The molecular weight excluding hydrogens is 425 g/mol. The van der Waals surface area contributed by atoms with Crippen molar-refractivity contribution in [2.45, 2.75) is 33.7 Å². The molecule has 0 saturated carbocycles. The monoisotopic (exact) mass is 445 g/mol. The highest BCUT2D eigenvalue weighted by Crippen LogP contribution is 2.27. The van der Waals surface area contributed by atoms with Crippen LogP contribution in [0.4, 0.5) is 5.69 Å². The van der Waals surface area contributed by atoms with Crippen LogP contribution in [0.2, 0.25) is 10.2 Å². The molecule has 0 aliphatic heterocycles. The number of amides is 2. The van der Waals surface area contributed by atoms with Gasteiger partial charge in [0.15, 0.2) is 11.0 Å². The number of aryl methyl sites for hydroxylation is 2. The fourth-order valence-corrected chi connectivity index (χ4v) is 3.43. The minimum atomic E-state index is -0.483. The van der Waals surface area contributed by atoms with Crippen LogP contribution in [-0.2, 0) is 0 Å². The van der Waals surface area contributed by atoms with Gasteiger partial charge in [-0.25, -0.2) is 9.67 Å². The van der Waals surface area contributed by atoms with Gasteiger partial charge in [0.05, 0.1) is 11.3 Å². The first-order valence-electron chi connectivity index (χ1n) is 9.27. The van der Waals surface area contributed by atoms with Gasteiger partial charge in [-0.15, -0.1) is 0 Å². The van der Waals surface area contributed by atoms with E-state index in [1.54, 1.807) is 25.3 Å². The number of hydrogen-bond acceptors (Lipinski definition) is 4. The molecule has 30 heavy (non-hydrogen) atoms. The van der Waals surface area contributed by atoms with E-state index in [9.17, 15) is 9.59 Å². The fourth-order valence-electron chi connectivity index (χ4n) is 2.98. The Labute approximate surface area is 184 Å². The minimum Gasteiger partial charge on any atom is -0.350 e. The van der Waals surface area contributed by atoms with Crippen molar-refractivity contribution < 1.29 is 9.59 Å². The van der Waals surface area contributed by atoms with Gasteiger partial charge in [0.2, 0.25) is 0 Å². The molecule has 0 atom stereocenters. The number of anilines is 1. The lowest BCUT2D eigenvalue weighted by atomic mass is 10.1. The molecule has 0 fully saturated rings. The van der Waals surface area contributed by atoms with E-state index in [0.29, 0.717) is 22.1 Å². The summed E-state index contributed by atoms with van der Waals surface area (Å²) in [6.45, 7) is 7.32. The SMILES string of the molecule is Cc1cccnc1-n1nc(Cl)cc1C(=O)Nc1c(C)cc(Cl)cc1C(=O)NC(C)C. The zero-order valence-electron chi connectivity index (χ0n) is 17.0. The van der Waals surface area contributed by atoms with Crippen molar-refractivity contribution >= 4 is 40.7 Å². The standard InChI is InChI=1S/C21H21Cl2N5O2/c1-11(2)25-20(29)15-9-14(22)8-13(4)18(15)26-21(30)16-10-17(23)27-28(16)19-12(3)6-5-7-24-19/h5-11H,1-4H3,(H,25,29)(H,26,30). The molecule has 2 amide bonds. The van der Waals surface area contributed by atoms with Gasteiger partial charge in [-0.05, 0) is 57.0 Å². The Hall–Kier alpha value is -2.90. The van der Waals surface area contributed by atoms with Gasteiger partial charge in [0, 0.05) is 23.3 Å². The van der Waals surface area contributed by atoms with Gasteiger partial charge < -0.3 is 10.6 Å². The number of aromatic nitrogens is 3. The fraction of sp³-hybridized carbons (Fsp3) is 0.238. The highest BCUT2D eigenvalue weighted by molar-refractivity contribution is 6.31. The number of carbonyl (C=O) groups is 2. The van der Waals surface area contributed by atoms with Gasteiger partial charge in [0.25, 0.3) is 11.8 Å². The van der Waals surface area contributed by atoms with Gasteiger partial charge in [0.1, 0.15) is 5.69 Å². The maximum Gasteiger partial charge on any atom is 0.274 e. The van der Waals surface area contributed by atoms with E-state index in [0.717, 1.165) is 5.56 Å². The average molecular weight is 446 g/mol. The van der Waals surface area contributed by atoms with E-state index in [1.807, 2.05) is 26.8 Å². The summed E-state index contributed by atoms with van der Waals surface area (Å²) in [6, 6.07) is 8.22. The number of halogens is 2. The minimum absolute atomic E-state index is 0.0762. The first kappa shape index (κ1) is 21.8. The zero-order chi connectivity index (χ0) is 22.0. The summed E-state index contributed by atoms with van der Waals surface area (Å²) in [4.78, 5) is 30.1. The lowest BCUT2D eigenvalue weighted by Crippen LogP contribution is -2.31. The van der Waals surface area contributed by atoms with Gasteiger partial charge in [-0.1, -0.05) is 29.3 Å². The highest BCUT2D eigenvalue weighted by atomic mass is 35.5. The van der Waals surface area contributed by atoms with Crippen molar-refractivity contribution in [2.75, 3.05) is 5.32 Å². The second-order valence-corrected chi connectivity index (χ2v) is 7.96. The number of carbonyl (C=O) groups excluding carboxylic acids is 2. The first-order valence-corrected chi connectivity index (χ1v) is 10.0. The van der Waals surface area contributed by atoms with Crippen LogP contribution in [0.3, 0.4) is 0 Å². The van der Waals surface area contributed by atoms with Gasteiger partial charge in [-0.2, -0.15) is 5.10 Å². The van der Waals surface area contributed by atoms with Crippen molar-refractivity contribution in [3.8, 4) is 5.82 Å². The Morgan fingerprint density at radius 3 is 2.47 bits per heavy atom. The Morgan fingerprint density at radius 2 is 1.80 bits per heavy atom. The molecule has 2 N–H and O–H groups in total. The number of benzene rings is 1. The Kier molecular flexibility index (Phi) is 6.43. The molecular formula is C21H21Cl2N5O2. The van der Waals surface area contributed by atoms with Crippen LogP contribution in [0, 0.1) is 13.8 Å². The topological polar surface area (TPSA) is 88.9 Å². The third kappa shape index (κ3) is 4.63. The predicted molar refractivity (Wildman–Crippen MR) is 118 cm³/mol. The van der Waals surface area contributed by atoms with Crippen LogP contribution in [0.5, 0.6) is 0 Å². The van der Waals surface area contributed by atoms with Crippen molar-refractivity contribution in [1.82, 2.24) is 20.1 Å². The molecule has 0 aliphatic carbocycles. The van der Waals surface area contributed by atoms with E-state index < -0.39 is 5.91 Å². The van der Waals surface area contributed by atoms with E-state index >= 15 is 0 Å². The molecule has 0 saturated heterocycles. The molecule has 0 unspecified atom stereocenters.